The van der Waals surface area contributed by atoms with Gasteiger partial charge in [-0.25, -0.2) is 0 Å². The van der Waals surface area contributed by atoms with Crippen molar-refractivity contribution in [2.75, 3.05) is 13.1 Å². The topological polar surface area (TPSA) is 107 Å². The third-order valence-corrected chi connectivity index (χ3v) is 2.66. The molecule has 1 aromatic carbocycles. The second-order valence-corrected chi connectivity index (χ2v) is 4.45. The quantitative estimate of drug-likeness (QED) is 0.577. The Morgan fingerprint density at radius 3 is 2.55 bits per heavy atom. The molecule has 0 spiro atoms. The molecule has 0 fully saturated rings. The van der Waals surface area contributed by atoms with E-state index in [0.29, 0.717) is 13.1 Å². The Balaban J connectivity index is 2.15. The number of hydrogen-bond donors (Lipinski definition) is 3. The maximum Gasteiger partial charge on any atom is 0.306 e. The zero-order valence-electron chi connectivity index (χ0n) is 11.4. The number of amides is 1. The molecule has 20 heavy (non-hydrogen) atoms. The lowest BCUT2D eigenvalue weighted by Crippen LogP contribution is -2.41. The summed E-state index contributed by atoms with van der Waals surface area (Å²) in [5, 5.41) is 2.61. The van der Waals surface area contributed by atoms with Crippen molar-refractivity contribution < 1.29 is 14.3 Å². The first kappa shape index (κ1) is 16.1. The molecular weight excluding hydrogens is 258 g/mol. The Hall–Kier alpha value is -1.92. The summed E-state index contributed by atoms with van der Waals surface area (Å²) in [6.07, 6.45) is 0.140. The molecule has 1 amide bonds. The number of ether oxygens (including phenoxy) is 1. The fourth-order valence-corrected chi connectivity index (χ4v) is 1.44. The van der Waals surface area contributed by atoms with E-state index in [1.807, 2.05) is 30.3 Å². The molecule has 1 aromatic rings. The molecule has 110 valence electrons. The van der Waals surface area contributed by atoms with Gasteiger partial charge in [0.25, 0.3) is 0 Å². The first-order chi connectivity index (χ1) is 9.61. The predicted molar refractivity (Wildman–Crippen MR) is 75.5 cm³/mol. The van der Waals surface area contributed by atoms with Crippen LogP contribution in [0.4, 0.5) is 0 Å². The highest BCUT2D eigenvalue weighted by Gasteiger charge is 2.09. The van der Waals surface area contributed by atoms with E-state index in [1.54, 1.807) is 0 Å². The average molecular weight is 279 g/mol. The number of rotatable bonds is 8. The van der Waals surface area contributed by atoms with Gasteiger partial charge in [-0.3, -0.25) is 9.59 Å². The van der Waals surface area contributed by atoms with Crippen LogP contribution in [0.2, 0.25) is 0 Å². The molecule has 0 aliphatic rings. The van der Waals surface area contributed by atoms with E-state index in [2.05, 4.69) is 5.32 Å². The number of carbonyl (C=O) groups is 2. The van der Waals surface area contributed by atoms with Gasteiger partial charge >= 0.3 is 5.97 Å². The molecule has 6 nitrogen and oxygen atoms in total. The number of esters is 1. The van der Waals surface area contributed by atoms with Crippen LogP contribution >= 0.6 is 0 Å². The van der Waals surface area contributed by atoms with Crippen molar-refractivity contribution in [3.63, 3.8) is 0 Å². The Kier molecular flexibility index (Phi) is 7.31. The Morgan fingerprint density at radius 1 is 1.20 bits per heavy atom. The Labute approximate surface area is 118 Å². The Bertz CT molecular complexity index is 423. The summed E-state index contributed by atoms with van der Waals surface area (Å²) < 4.78 is 5.06. The van der Waals surface area contributed by atoms with Crippen molar-refractivity contribution in [2.24, 2.45) is 11.5 Å². The van der Waals surface area contributed by atoms with Gasteiger partial charge in [-0.15, -0.1) is 0 Å². The second-order valence-electron chi connectivity index (χ2n) is 4.45. The summed E-state index contributed by atoms with van der Waals surface area (Å²) in [6, 6.07) is 9.11. The number of carbonyl (C=O) groups excluding carboxylic acids is 2. The Morgan fingerprint density at radius 2 is 1.90 bits per heavy atom. The monoisotopic (exact) mass is 279 g/mol. The zero-order valence-corrected chi connectivity index (χ0v) is 11.4. The molecule has 1 atom stereocenters. The van der Waals surface area contributed by atoms with E-state index >= 15 is 0 Å². The van der Waals surface area contributed by atoms with Crippen LogP contribution in [0.25, 0.3) is 0 Å². The first-order valence-electron chi connectivity index (χ1n) is 6.53. The van der Waals surface area contributed by atoms with Gasteiger partial charge < -0.3 is 21.5 Å². The van der Waals surface area contributed by atoms with Gasteiger partial charge in [0.15, 0.2) is 0 Å². The number of nitrogens with two attached hydrogens (primary N) is 2. The third kappa shape index (κ3) is 6.86. The largest absolute Gasteiger partial charge is 0.461 e. The van der Waals surface area contributed by atoms with Crippen molar-refractivity contribution in [1.82, 2.24) is 5.32 Å². The van der Waals surface area contributed by atoms with Gasteiger partial charge in [0.05, 0.1) is 6.42 Å². The molecule has 0 heterocycles. The first-order valence-corrected chi connectivity index (χ1v) is 6.53. The maximum absolute atomic E-state index is 11.5. The van der Waals surface area contributed by atoms with E-state index in [4.69, 9.17) is 16.2 Å². The van der Waals surface area contributed by atoms with E-state index in [0.717, 1.165) is 5.56 Å². The summed E-state index contributed by atoms with van der Waals surface area (Å²) in [7, 11) is 0. The second kappa shape index (κ2) is 9.06. The fraction of sp³-hybridized carbons (Fsp3) is 0.429. The van der Waals surface area contributed by atoms with Crippen LogP contribution in [0.3, 0.4) is 0 Å². The van der Waals surface area contributed by atoms with Crippen molar-refractivity contribution in [2.45, 2.75) is 25.5 Å². The van der Waals surface area contributed by atoms with Crippen LogP contribution in [0.15, 0.2) is 30.3 Å². The van der Waals surface area contributed by atoms with E-state index in [9.17, 15) is 9.59 Å². The van der Waals surface area contributed by atoms with Gasteiger partial charge in [0, 0.05) is 25.6 Å². The van der Waals surface area contributed by atoms with E-state index < -0.39 is 5.97 Å². The van der Waals surface area contributed by atoms with Gasteiger partial charge in [-0.05, 0) is 5.56 Å². The fourth-order valence-electron chi connectivity index (χ4n) is 1.44. The van der Waals surface area contributed by atoms with Crippen molar-refractivity contribution in [3.8, 4) is 0 Å². The summed E-state index contributed by atoms with van der Waals surface area (Å²) in [6.45, 7) is 0.840. The number of benzene rings is 1. The van der Waals surface area contributed by atoms with Crippen LogP contribution in [-0.2, 0) is 20.9 Å². The van der Waals surface area contributed by atoms with Crippen molar-refractivity contribution in [3.05, 3.63) is 35.9 Å². The third-order valence-electron chi connectivity index (χ3n) is 2.66. The highest BCUT2D eigenvalue weighted by Crippen LogP contribution is 2.02. The molecular formula is C14H21N3O3. The summed E-state index contributed by atoms with van der Waals surface area (Å²) >= 11 is 0. The summed E-state index contributed by atoms with van der Waals surface area (Å²) in [5.74, 6) is -0.627. The van der Waals surface area contributed by atoms with Gasteiger partial charge in [0.1, 0.15) is 6.61 Å². The van der Waals surface area contributed by atoms with Crippen molar-refractivity contribution in [1.29, 1.82) is 0 Å². The molecule has 0 bridgehead atoms. The maximum atomic E-state index is 11.5. The molecule has 0 aliphatic carbocycles. The molecule has 6 heteroatoms. The average Bonchev–Trinajstić information content (AvgIpc) is 2.49. The van der Waals surface area contributed by atoms with Gasteiger partial charge in [-0.2, -0.15) is 0 Å². The number of nitrogens with one attached hydrogen (secondary N) is 1. The normalized spacial score (nSPS) is 11.7. The minimum Gasteiger partial charge on any atom is -0.461 e. The van der Waals surface area contributed by atoms with Gasteiger partial charge in [-0.1, -0.05) is 30.3 Å². The minimum absolute atomic E-state index is 0.0521. The lowest BCUT2D eigenvalue weighted by Gasteiger charge is -2.10. The minimum atomic E-state index is -0.396. The molecule has 0 saturated carbocycles. The lowest BCUT2D eigenvalue weighted by molar-refractivity contribution is -0.146. The lowest BCUT2D eigenvalue weighted by atomic mass is 10.2. The van der Waals surface area contributed by atoms with E-state index in [-0.39, 0.29) is 31.4 Å². The van der Waals surface area contributed by atoms with Crippen LogP contribution in [0.1, 0.15) is 18.4 Å². The molecule has 0 aromatic heterocycles. The van der Waals surface area contributed by atoms with Crippen LogP contribution in [-0.4, -0.2) is 31.0 Å². The van der Waals surface area contributed by atoms with Crippen LogP contribution < -0.4 is 16.8 Å². The molecule has 0 aliphatic heterocycles. The zero-order chi connectivity index (χ0) is 14.8. The summed E-state index contributed by atoms with van der Waals surface area (Å²) in [5.41, 5.74) is 11.8. The molecule has 0 radical (unpaired) electrons. The summed E-state index contributed by atoms with van der Waals surface area (Å²) in [4.78, 5) is 22.9. The standard InChI is InChI=1S/C14H21N3O3/c15-8-12(16)9-17-13(18)6-7-14(19)20-10-11-4-2-1-3-5-11/h1-5,12H,6-10,15-16H2,(H,17,18). The number of hydrogen-bond acceptors (Lipinski definition) is 5. The highest BCUT2D eigenvalue weighted by molar-refractivity contribution is 5.81. The smallest absolute Gasteiger partial charge is 0.306 e. The van der Waals surface area contributed by atoms with Crippen LogP contribution in [0, 0.1) is 0 Å². The predicted octanol–water partition coefficient (Wildman–Crippen LogP) is -0.0878. The highest BCUT2D eigenvalue weighted by atomic mass is 16.5. The molecule has 0 saturated heterocycles. The molecule has 5 N–H and O–H groups in total. The molecule has 1 rings (SSSR count). The SMILES string of the molecule is NCC(N)CNC(=O)CCC(=O)OCc1ccccc1. The van der Waals surface area contributed by atoms with Crippen molar-refractivity contribution >= 4 is 11.9 Å². The molecule has 1 unspecified atom stereocenters. The van der Waals surface area contributed by atoms with Gasteiger partial charge in [0.2, 0.25) is 5.91 Å². The van der Waals surface area contributed by atoms with E-state index in [1.165, 1.54) is 0 Å². The van der Waals surface area contributed by atoms with Crippen LogP contribution in [0.5, 0.6) is 0 Å².